The van der Waals surface area contributed by atoms with E-state index < -0.39 is 34.1 Å². The van der Waals surface area contributed by atoms with Crippen LogP contribution in [0.4, 0.5) is 14.5 Å². The molecule has 3 rings (SSSR count). The Labute approximate surface area is 185 Å². The van der Waals surface area contributed by atoms with E-state index in [2.05, 4.69) is 5.32 Å². The first-order valence-corrected chi connectivity index (χ1v) is 11.3. The molecule has 1 amide bonds. The molecule has 0 aliphatic carbocycles. The van der Waals surface area contributed by atoms with E-state index in [-0.39, 0.29) is 17.1 Å². The van der Waals surface area contributed by atoms with Gasteiger partial charge in [0.1, 0.15) is 17.4 Å². The number of hydrogen-bond donors (Lipinski definition) is 1. The zero-order valence-electron chi connectivity index (χ0n) is 17.3. The zero-order chi connectivity index (χ0) is 23.1. The number of nitrogens with zero attached hydrogens (tertiary/aromatic N) is 1. The number of nitrogens with one attached hydrogen (secondary N) is 1. The summed E-state index contributed by atoms with van der Waals surface area (Å²) in [5.41, 5.74) is 0.428. The summed E-state index contributed by atoms with van der Waals surface area (Å²) >= 11 is 0. The van der Waals surface area contributed by atoms with E-state index in [1.807, 2.05) is 6.92 Å². The first kappa shape index (κ1) is 23.4. The third kappa shape index (κ3) is 5.89. The summed E-state index contributed by atoms with van der Waals surface area (Å²) in [4.78, 5) is 12.6. The lowest BCUT2D eigenvalue weighted by atomic mass is 10.2. The Morgan fingerprint density at radius 3 is 2.31 bits per heavy atom. The molecule has 0 atom stereocenters. The van der Waals surface area contributed by atoms with E-state index in [1.165, 1.54) is 24.3 Å². The lowest BCUT2D eigenvalue weighted by molar-refractivity contribution is -0.116. The maximum Gasteiger partial charge on any atom is 0.243 e. The molecule has 0 heterocycles. The van der Waals surface area contributed by atoms with Gasteiger partial charge >= 0.3 is 0 Å². The molecule has 0 spiro atoms. The number of anilines is 1. The molecule has 0 bridgehead atoms. The molecular formula is C23H22F2N2O4S. The fourth-order valence-corrected chi connectivity index (χ4v) is 4.36. The van der Waals surface area contributed by atoms with Gasteiger partial charge in [0.05, 0.1) is 23.7 Å². The molecule has 1 N–H and O–H groups in total. The zero-order valence-corrected chi connectivity index (χ0v) is 18.1. The Morgan fingerprint density at radius 2 is 1.69 bits per heavy atom. The van der Waals surface area contributed by atoms with Crippen LogP contribution in [0.5, 0.6) is 5.75 Å². The van der Waals surface area contributed by atoms with Gasteiger partial charge in [-0.25, -0.2) is 17.2 Å². The van der Waals surface area contributed by atoms with Crippen LogP contribution in [-0.4, -0.2) is 31.8 Å². The monoisotopic (exact) mass is 460 g/mol. The minimum absolute atomic E-state index is 0.0161. The van der Waals surface area contributed by atoms with Crippen LogP contribution in [0.2, 0.25) is 0 Å². The molecule has 0 aliphatic heterocycles. The predicted octanol–water partition coefficient (Wildman–Crippen LogP) is 4.19. The Balaban J connectivity index is 1.86. The van der Waals surface area contributed by atoms with Crippen LogP contribution in [0.25, 0.3) is 0 Å². The third-order valence-electron chi connectivity index (χ3n) is 4.50. The molecule has 0 fully saturated rings. The number of amides is 1. The number of ether oxygens (including phenoxy) is 1. The number of rotatable bonds is 9. The molecule has 0 radical (unpaired) electrons. The fourth-order valence-electron chi connectivity index (χ4n) is 2.98. The van der Waals surface area contributed by atoms with Gasteiger partial charge in [0.15, 0.2) is 0 Å². The first-order chi connectivity index (χ1) is 15.3. The lowest BCUT2D eigenvalue weighted by Crippen LogP contribution is -2.37. The van der Waals surface area contributed by atoms with Gasteiger partial charge in [-0.3, -0.25) is 4.79 Å². The highest BCUT2D eigenvalue weighted by molar-refractivity contribution is 7.89. The van der Waals surface area contributed by atoms with Crippen molar-refractivity contribution < 1.29 is 26.7 Å². The summed E-state index contributed by atoms with van der Waals surface area (Å²) in [5.74, 6) is -1.99. The molecule has 0 saturated heterocycles. The van der Waals surface area contributed by atoms with E-state index in [4.69, 9.17) is 4.74 Å². The summed E-state index contributed by atoms with van der Waals surface area (Å²) in [7, 11) is -4.07. The van der Waals surface area contributed by atoms with Gasteiger partial charge in [0.25, 0.3) is 0 Å². The molecule has 0 unspecified atom stereocenters. The fraction of sp³-hybridized carbons (Fsp3) is 0.174. The average molecular weight is 461 g/mol. The molecule has 3 aromatic rings. The molecule has 6 nitrogen and oxygen atoms in total. The van der Waals surface area contributed by atoms with Crippen LogP contribution in [0, 0.1) is 11.6 Å². The molecule has 0 aromatic heterocycles. The van der Waals surface area contributed by atoms with Crippen molar-refractivity contribution in [3.05, 3.63) is 90.0 Å². The molecule has 9 heteroatoms. The van der Waals surface area contributed by atoms with Gasteiger partial charge in [0, 0.05) is 12.6 Å². The average Bonchev–Trinajstić information content (AvgIpc) is 2.76. The molecular weight excluding hydrogens is 438 g/mol. The quantitative estimate of drug-likeness (QED) is 0.520. The largest absolute Gasteiger partial charge is 0.494 e. The third-order valence-corrected chi connectivity index (χ3v) is 6.31. The summed E-state index contributed by atoms with van der Waals surface area (Å²) in [6, 6.07) is 17.3. The van der Waals surface area contributed by atoms with Crippen molar-refractivity contribution >= 4 is 21.6 Å². The second-order valence-electron chi connectivity index (χ2n) is 6.84. The second kappa shape index (κ2) is 10.3. The molecule has 0 aliphatic rings. The normalized spacial score (nSPS) is 11.4. The Morgan fingerprint density at radius 1 is 1.00 bits per heavy atom. The van der Waals surface area contributed by atoms with E-state index in [1.54, 1.807) is 30.3 Å². The van der Waals surface area contributed by atoms with Gasteiger partial charge in [-0.1, -0.05) is 30.3 Å². The van der Waals surface area contributed by atoms with Crippen LogP contribution in [-0.2, 0) is 21.4 Å². The van der Waals surface area contributed by atoms with Gasteiger partial charge in [-0.2, -0.15) is 4.31 Å². The molecule has 3 aromatic carbocycles. The molecule has 32 heavy (non-hydrogen) atoms. The van der Waals surface area contributed by atoms with E-state index in [9.17, 15) is 22.0 Å². The summed E-state index contributed by atoms with van der Waals surface area (Å²) in [6.45, 7) is 1.61. The highest BCUT2D eigenvalue weighted by Gasteiger charge is 2.27. The minimum Gasteiger partial charge on any atom is -0.494 e. The van der Waals surface area contributed by atoms with Crippen molar-refractivity contribution in [3.63, 3.8) is 0 Å². The van der Waals surface area contributed by atoms with Crippen molar-refractivity contribution in [3.8, 4) is 5.75 Å². The van der Waals surface area contributed by atoms with Crippen molar-refractivity contribution in [1.29, 1.82) is 0 Å². The van der Waals surface area contributed by atoms with Crippen LogP contribution in [0.3, 0.4) is 0 Å². The number of carbonyl (C=O) groups is 1. The number of halogens is 2. The predicted molar refractivity (Wildman–Crippen MR) is 117 cm³/mol. The molecule has 0 saturated carbocycles. The SMILES string of the molecule is CCOc1ccc(S(=O)(=O)N(CC(=O)Nc2ccc(F)cc2F)Cc2ccccc2)cc1. The van der Waals surface area contributed by atoms with Crippen molar-refractivity contribution in [2.24, 2.45) is 0 Å². The smallest absolute Gasteiger partial charge is 0.243 e. The van der Waals surface area contributed by atoms with E-state index in [0.29, 0.717) is 24.0 Å². The van der Waals surface area contributed by atoms with Crippen LogP contribution >= 0.6 is 0 Å². The summed E-state index contributed by atoms with van der Waals surface area (Å²) in [6.07, 6.45) is 0. The standard InChI is InChI=1S/C23H22F2N2O4S/c1-2-31-19-9-11-20(12-10-19)32(29,30)27(15-17-6-4-3-5-7-17)16-23(28)26-22-13-8-18(24)14-21(22)25/h3-14H,2,15-16H2,1H3,(H,26,28). The Bertz CT molecular complexity index is 1170. The van der Waals surface area contributed by atoms with Crippen molar-refractivity contribution in [1.82, 2.24) is 4.31 Å². The van der Waals surface area contributed by atoms with Crippen molar-refractivity contribution in [2.75, 3.05) is 18.5 Å². The van der Waals surface area contributed by atoms with E-state index in [0.717, 1.165) is 16.4 Å². The van der Waals surface area contributed by atoms with Crippen LogP contribution in [0.1, 0.15) is 12.5 Å². The number of hydrogen-bond acceptors (Lipinski definition) is 4. The first-order valence-electron chi connectivity index (χ1n) is 9.81. The van der Waals surface area contributed by atoms with Gasteiger partial charge in [-0.15, -0.1) is 0 Å². The van der Waals surface area contributed by atoms with Crippen LogP contribution < -0.4 is 10.1 Å². The number of carbonyl (C=O) groups excluding carboxylic acids is 1. The molecule has 168 valence electrons. The Hall–Kier alpha value is -3.30. The highest BCUT2D eigenvalue weighted by Crippen LogP contribution is 2.22. The second-order valence-corrected chi connectivity index (χ2v) is 8.77. The van der Waals surface area contributed by atoms with Gasteiger partial charge in [-0.05, 0) is 48.9 Å². The van der Waals surface area contributed by atoms with Gasteiger partial charge in [0.2, 0.25) is 15.9 Å². The van der Waals surface area contributed by atoms with Crippen LogP contribution in [0.15, 0.2) is 77.7 Å². The summed E-state index contributed by atoms with van der Waals surface area (Å²) in [5, 5.41) is 2.30. The summed E-state index contributed by atoms with van der Waals surface area (Å²) < 4.78 is 59.9. The lowest BCUT2D eigenvalue weighted by Gasteiger charge is -2.22. The van der Waals surface area contributed by atoms with Gasteiger partial charge < -0.3 is 10.1 Å². The maximum absolute atomic E-state index is 13.9. The number of benzene rings is 3. The van der Waals surface area contributed by atoms with Crippen molar-refractivity contribution in [2.45, 2.75) is 18.4 Å². The maximum atomic E-state index is 13.9. The van der Waals surface area contributed by atoms with E-state index >= 15 is 0 Å². The number of sulfonamides is 1. The Kier molecular flexibility index (Phi) is 7.55. The topological polar surface area (TPSA) is 75.7 Å². The minimum atomic E-state index is -4.07. The highest BCUT2D eigenvalue weighted by atomic mass is 32.2.